The largest absolute Gasteiger partial charge is 0.393 e. The van der Waals surface area contributed by atoms with Crippen LogP contribution in [0.25, 0.3) is 6.08 Å². The van der Waals surface area contributed by atoms with Crippen LogP contribution in [0.3, 0.4) is 0 Å². The van der Waals surface area contributed by atoms with Crippen LogP contribution in [0.15, 0.2) is 41.5 Å². The average molecular weight is 397 g/mol. The Hall–Kier alpha value is -1.45. The molecule has 7 atom stereocenters. The number of aliphatic hydroxyl groups is 2. The van der Waals surface area contributed by atoms with Crippen LogP contribution in [0.5, 0.6) is 0 Å². The molecule has 5 rings (SSSR count). The fourth-order valence-corrected chi connectivity index (χ4v) is 7.45. The number of hydrogen-bond acceptors (Lipinski definition) is 2. The molecular weight excluding hydrogens is 363 g/mol. The van der Waals surface area contributed by atoms with Gasteiger partial charge in [-0.3, -0.25) is 0 Å². The molecule has 3 fully saturated rings. The molecule has 29 heavy (non-hydrogen) atoms. The molecule has 0 spiro atoms. The number of hydrogen-bond donors (Lipinski definition) is 2. The Morgan fingerprint density at radius 1 is 1.07 bits per heavy atom. The molecule has 0 unspecified atom stereocenters. The van der Waals surface area contributed by atoms with Gasteiger partial charge >= 0.3 is 0 Å². The highest BCUT2D eigenvalue weighted by Crippen LogP contribution is 2.65. The van der Waals surface area contributed by atoms with Gasteiger partial charge in [0.1, 0.15) is 5.82 Å². The van der Waals surface area contributed by atoms with Crippen LogP contribution in [-0.2, 0) is 0 Å². The van der Waals surface area contributed by atoms with Crippen LogP contribution >= 0.6 is 0 Å². The first kappa shape index (κ1) is 19.5. The standard InChI is InChI=1S/C26H33FO2/c1-25-10-8-20(28)15-18(25)6-7-21-22(25)9-11-26(2)23(21)14-17(24(26)29)12-16-4-3-5-19(27)13-16/h3-6,12-13,20-24,28-29H,7-11,14-15H2,1-2H3/b17-12-/t20-,21-,22+,23+,24+,25-,26-/m0/s1. The van der Waals surface area contributed by atoms with Crippen LogP contribution in [0.2, 0.25) is 0 Å². The van der Waals surface area contributed by atoms with E-state index in [1.165, 1.54) is 11.6 Å². The molecule has 0 amide bonds. The van der Waals surface area contributed by atoms with Crippen molar-refractivity contribution in [3.05, 3.63) is 52.9 Å². The van der Waals surface area contributed by atoms with Crippen LogP contribution in [0.1, 0.15) is 64.4 Å². The second-order valence-electron chi connectivity index (χ2n) is 10.6. The molecule has 0 heterocycles. The van der Waals surface area contributed by atoms with E-state index in [4.69, 9.17) is 0 Å². The average Bonchev–Trinajstić information content (AvgIpc) is 2.93. The fraction of sp³-hybridized carbons (Fsp3) is 0.615. The number of halogens is 1. The molecule has 4 aliphatic carbocycles. The smallest absolute Gasteiger partial charge is 0.123 e. The molecule has 1 aromatic rings. The highest BCUT2D eigenvalue weighted by molar-refractivity contribution is 5.55. The van der Waals surface area contributed by atoms with E-state index < -0.39 is 6.10 Å². The van der Waals surface area contributed by atoms with Gasteiger partial charge in [0.2, 0.25) is 0 Å². The van der Waals surface area contributed by atoms with E-state index in [-0.39, 0.29) is 22.8 Å². The van der Waals surface area contributed by atoms with Gasteiger partial charge in [-0.25, -0.2) is 4.39 Å². The molecule has 2 nitrogen and oxygen atoms in total. The van der Waals surface area contributed by atoms with E-state index in [9.17, 15) is 14.6 Å². The number of allylic oxidation sites excluding steroid dienone is 1. The summed E-state index contributed by atoms with van der Waals surface area (Å²) in [6.45, 7) is 4.70. The Morgan fingerprint density at radius 3 is 2.69 bits per heavy atom. The van der Waals surface area contributed by atoms with E-state index in [1.807, 2.05) is 12.1 Å². The molecule has 3 heteroatoms. The predicted molar refractivity (Wildman–Crippen MR) is 113 cm³/mol. The van der Waals surface area contributed by atoms with Gasteiger partial charge in [-0.05, 0) is 91.4 Å². The molecule has 156 valence electrons. The van der Waals surface area contributed by atoms with Crippen LogP contribution in [0, 0.1) is 34.4 Å². The summed E-state index contributed by atoms with van der Waals surface area (Å²) < 4.78 is 13.6. The first-order valence-corrected chi connectivity index (χ1v) is 11.3. The quantitative estimate of drug-likeness (QED) is 0.615. The Labute approximate surface area is 173 Å². The van der Waals surface area contributed by atoms with Crippen LogP contribution in [-0.4, -0.2) is 22.4 Å². The summed E-state index contributed by atoms with van der Waals surface area (Å²) in [6, 6.07) is 6.67. The normalized spacial score (nSPS) is 45.3. The molecule has 4 aliphatic rings. The zero-order valence-electron chi connectivity index (χ0n) is 17.6. The monoisotopic (exact) mass is 396 g/mol. The summed E-state index contributed by atoms with van der Waals surface area (Å²) in [5.74, 6) is 1.48. The number of rotatable bonds is 1. The van der Waals surface area contributed by atoms with E-state index in [2.05, 4.69) is 19.9 Å². The summed E-state index contributed by atoms with van der Waals surface area (Å²) in [7, 11) is 0. The zero-order valence-corrected chi connectivity index (χ0v) is 17.6. The van der Waals surface area contributed by atoms with Crippen molar-refractivity contribution in [2.24, 2.45) is 28.6 Å². The topological polar surface area (TPSA) is 40.5 Å². The van der Waals surface area contributed by atoms with Crippen molar-refractivity contribution in [1.82, 2.24) is 0 Å². The maximum Gasteiger partial charge on any atom is 0.123 e. The van der Waals surface area contributed by atoms with Gasteiger partial charge in [0.15, 0.2) is 0 Å². The molecule has 2 N–H and O–H groups in total. The minimum atomic E-state index is -0.442. The molecular formula is C26H33FO2. The lowest BCUT2D eigenvalue weighted by Crippen LogP contribution is -2.51. The Morgan fingerprint density at radius 2 is 1.90 bits per heavy atom. The lowest BCUT2D eigenvalue weighted by Gasteiger charge is -2.57. The van der Waals surface area contributed by atoms with E-state index >= 15 is 0 Å². The van der Waals surface area contributed by atoms with Gasteiger partial charge < -0.3 is 10.2 Å². The third-order valence-corrected chi connectivity index (χ3v) is 9.15. The molecule has 0 bridgehead atoms. The zero-order chi connectivity index (χ0) is 20.4. The fourth-order valence-electron chi connectivity index (χ4n) is 7.45. The lowest BCUT2D eigenvalue weighted by molar-refractivity contribution is -0.0685. The Bertz CT molecular complexity index is 873. The minimum absolute atomic E-state index is 0.0871. The summed E-state index contributed by atoms with van der Waals surface area (Å²) in [5.41, 5.74) is 3.52. The van der Waals surface area contributed by atoms with E-state index in [0.717, 1.165) is 56.1 Å². The van der Waals surface area contributed by atoms with Crippen molar-refractivity contribution in [2.75, 3.05) is 0 Å². The number of fused-ring (bicyclic) bond motifs is 5. The van der Waals surface area contributed by atoms with Gasteiger partial charge in [-0.2, -0.15) is 0 Å². The molecule has 0 saturated heterocycles. The maximum absolute atomic E-state index is 13.6. The predicted octanol–water partition coefficient (Wildman–Crippen LogP) is 5.50. The highest BCUT2D eigenvalue weighted by Gasteiger charge is 2.59. The maximum atomic E-state index is 13.6. The number of aliphatic hydroxyl groups excluding tert-OH is 2. The van der Waals surface area contributed by atoms with Gasteiger partial charge in [-0.15, -0.1) is 0 Å². The van der Waals surface area contributed by atoms with Gasteiger partial charge in [0.05, 0.1) is 12.2 Å². The van der Waals surface area contributed by atoms with E-state index in [1.54, 1.807) is 12.1 Å². The van der Waals surface area contributed by atoms with Crippen molar-refractivity contribution < 1.29 is 14.6 Å². The van der Waals surface area contributed by atoms with Crippen molar-refractivity contribution in [1.29, 1.82) is 0 Å². The molecule has 0 aromatic heterocycles. The van der Waals surface area contributed by atoms with Crippen LogP contribution < -0.4 is 0 Å². The highest BCUT2D eigenvalue weighted by atomic mass is 19.1. The van der Waals surface area contributed by atoms with Gasteiger partial charge in [-0.1, -0.05) is 43.7 Å². The van der Waals surface area contributed by atoms with Gasteiger partial charge in [0.25, 0.3) is 0 Å². The minimum Gasteiger partial charge on any atom is -0.393 e. The van der Waals surface area contributed by atoms with Gasteiger partial charge in [0, 0.05) is 5.41 Å². The van der Waals surface area contributed by atoms with E-state index in [0.29, 0.717) is 17.8 Å². The van der Waals surface area contributed by atoms with Crippen LogP contribution in [0.4, 0.5) is 4.39 Å². The summed E-state index contributed by atoms with van der Waals surface area (Å²) in [6.07, 6.45) is 10.9. The Kier molecular flexibility index (Phi) is 4.56. The van der Waals surface area contributed by atoms with Crippen molar-refractivity contribution in [3.8, 4) is 0 Å². The third-order valence-electron chi connectivity index (χ3n) is 9.15. The molecule has 0 aliphatic heterocycles. The summed E-state index contributed by atoms with van der Waals surface area (Å²) in [4.78, 5) is 0. The molecule has 1 aromatic carbocycles. The van der Waals surface area contributed by atoms with Crippen molar-refractivity contribution in [2.45, 2.75) is 71.0 Å². The first-order valence-electron chi connectivity index (χ1n) is 11.3. The number of benzene rings is 1. The van der Waals surface area contributed by atoms with Crippen molar-refractivity contribution in [3.63, 3.8) is 0 Å². The first-order chi connectivity index (χ1) is 13.8. The molecule has 0 radical (unpaired) electrons. The lowest BCUT2D eigenvalue weighted by atomic mass is 9.48. The third kappa shape index (κ3) is 2.96. The Balaban J connectivity index is 1.47. The second kappa shape index (κ2) is 6.78. The second-order valence-corrected chi connectivity index (χ2v) is 10.6. The summed E-state index contributed by atoms with van der Waals surface area (Å²) in [5, 5.41) is 21.5. The SMILES string of the molecule is C[C@]12CC[C@@H]3[C@H](CC=C4C[C@@H](O)CC[C@@]43C)[C@H]1C/C(=C/c1cccc(F)c1)[C@H]2O. The summed E-state index contributed by atoms with van der Waals surface area (Å²) >= 11 is 0. The molecule has 3 saturated carbocycles. The van der Waals surface area contributed by atoms with Crippen molar-refractivity contribution >= 4 is 6.08 Å².